The van der Waals surface area contributed by atoms with Gasteiger partial charge in [-0.05, 0) is 55.3 Å². The van der Waals surface area contributed by atoms with E-state index in [2.05, 4.69) is 43.9 Å². The van der Waals surface area contributed by atoms with Crippen LogP contribution < -0.4 is 10.1 Å². The van der Waals surface area contributed by atoms with Crippen molar-refractivity contribution in [2.75, 3.05) is 19.4 Å². The van der Waals surface area contributed by atoms with Crippen LogP contribution in [0, 0.1) is 13.8 Å². The summed E-state index contributed by atoms with van der Waals surface area (Å²) in [6.07, 6.45) is 1.11. The third-order valence-electron chi connectivity index (χ3n) is 2.68. The molecule has 0 heterocycles. The lowest BCUT2D eigenvalue weighted by molar-refractivity contribution is 0.411. The maximum Gasteiger partial charge on any atom is 0.122 e. The molecule has 90 valence electrons. The summed E-state index contributed by atoms with van der Waals surface area (Å²) in [4.78, 5) is 0. The number of aryl methyl sites for hydroxylation is 2. The van der Waals surface area contributed by atoms with E-state index in [0.717, 1.165) is 31.0 Å². The van der Waals surface area contributed by atoms with Gasteiger partial charge in [-0.25, -0.2) is 0 Å². The van der Waals surface area contributed by atoms with E-state index < -0.39 is 0 Å². The molecule has 0 fully saturated rings. The maximum atomic E-state index is 5.29. The first-order chi connectivity index (χ1) is 7.69. The molecule has 1 N–H and O–H groups in total. The van der Waals surface area contributed by atoms with Crippen molar-refractivity contribution < 1.29 is 4.74 Å². The molecular formula is C13H21NOS. The maximum absolute atomic E-state index is 5.29. The first kappa shape index (κ1) is 13.4. The average Bonchev–Trinajstić information content (AvgIpc) is 2.28. The Morgan fingerprint density at radius 1 is 1.25 bits per heavy atom. The van der Waals surface area contributed by atoms with Crippen molar-refractivity contribution in [3.63, 3.8) is 0 Å². The molecule has 0 aliphatic heterocycles. The van der Waals surface area contributed by atoms with Crippen LogP contribution in [0.5, 0.6) is 5.75 Å². The Labute approximate surface area is 104 Å². The molecule has 1 aromatic rings. The minimum absolute atomic E-state index is 0.921. The zero-order chi connectivity index (χ0) is 12.0. The van der Waals surface area contributed by atoms with Crippen LogP contribution in [0.3, 0.4) is 0 Å². The first-order valence-electron chi connectivity index (χ1n) is 5.64. The van der Waals surface area contributed by atoms with Gasteiger partial charge in [-0.1, -0.05) is 6.07 Å². The van der Waals surface area contributed by atoms with E-state index in [9.17, 15) is 0 Å². The highest BCUT2D eigenvalue weighted by atomic mass is 32.1. The number of methoxy groups -OCH3 is 1. The molecule has 1 aromatic carbocycles. The molecule has 0 saturated heterocycles. The summed E-state index contributed by atoms with van der Waals surface area (Å²) in [5.41, 5.74) is 3.82. The number of rotatable bonds is 6. The van der Waals surface area contributed by atoms with E-state index in [-0.39, 0.29) is 0 Å². The predicted octanol–water partition coefficient (Wildman–Crippen LogP) is 2.72. The summed E-state index contributed by atoms with van der Waals surface area (Å²) >= 11 is 4.19. The summed E-state index contributed by atoms with van der Waals surface area (Å²) < 4.78 is 5.29. The number of thiol groups is 1. The molecule has 0 aliphatic rings. The molecule has 2 nitrogen and oxygen atoms in total. The van der Waals surface area contributed by atoms with Crippen LogP contribution in [0.15, 0.2) is 12.1 Å². The molecule has 0 radical (unpaired) electrons. The second-order valence-electron chi connectivity index (χ2n) is 4.00. The molecule has 0 spiro atoms. The van der Waals surface area contributed by atoms with Crippen LogP contribution in [0.4, 0.5) is 0 Å². The number of hydrogen-bond donors (Lipinski definition) is 2. The summed E-state index contributed by atoms with van der Waals surface area (Å²) in [6, 6.07) is 4.30. The fourth-order valence-electron chi connectivity index (χ4n) is 1.69. The normalized spacial score (nSPS) is 10.5. The first-order valence-corrected chi connectivity index (χ1v) is 6.28. The summed E-state index contributed by atoms with van der Waals surface area (Å²) in [7, 11) is 1.71. The topological polar surface area (TPSA) is 21.3 Å². The van der Waals surface area contributed by atoms with Gasteiger partial charge >= 0.3 is 0 Å². The molecule has 0 unspecified atom stereocenters. The molecule has 0 aromatic heterocycles. The Bertz CT molecular complexity index is 339. The minimum Gasteiger partial charge on any atom is -0.496 e. The molecule has 0 amide bonds. The lowest BCUT2D eigenvalue weighted by atomic mass is 10.0. The Morgan fingerprint density at radius 2 is 2.00 bits per heavy atom. The molecule has 16 heavy (non-hydrogen) atoms. The fourth-order valence-corrected chi connectivity index (χ4v) is 1.85. The Morgan fingerprint density at radius 3 is 2.62 bits per heavy atom. The second kappa shape index (κ2) is 6.81. The highest BCUT2D eigenvalue weighted by Gasteiger charge is 2.04. The molecule has 0 aliphatic carbocycles. The van der Waals surface area contributed by atoms with E-state index in [1.807, 2.05) is 0 Å². The number of ether oxygens (including phenoxy) is 1. The van der Waals surface area contributed by atoms with E-state index in [1.54, 1.807) is 7.11 Å². The highest BCUT2D eigenvalue weighted by molar-refractivity contribution is 7.80. The molecule has 0 atom stereocenters. The standard InChI is InChI=1S/C13H21NOS/c1-10-8-13(15-3)11(2)7-12(10)9-14-5-4-6-16/h7-8,14,16H,4-6,9H2,1-3H3. The third kappa shape index (κ3) is 3.72. The van der Waals surface area contributed by atoms with Crippen molar-refractivity contribution in [3.8, 4) is 5.75 Å². The van der Waals surface area contributed by atoms with Crippen LogP contribution in [0.1, 0.15) is 23.1 Å². The smallest absolute Gasteiger partial charge is 0.122 e. The number of hydrogen-bond acceptors (Lipinski definition) is 3. The minimum atomic E-state index is 0.921. The molecule has 0 saturated carbocycles. The van der Waals surface area contributed by atoms with E-state index in [0.29, 0.717) is 0 Å². The van der Waals surface area contributed by atoms with Crippen LogP contribution in [-0.2, 0) is 6.54 Å². The van der Waals surface area contributed by atoms with Gasteiger partial charge in [0.05, 0.1) is 7.11 Å². The zero-order valence-corrected chi connectivity index (χ0v) is 11.2. The molecule has 3 heteroatoms. The van der Waals surface area contributed by atoms with Gasteiger partial charge in [0.1, 0.15) is 5.75 Å². The Kier molecular flexibility index (Phi) is 5.71. The van der Waals surface area contributed by atoms with E-state index >= 15 is 0 Å². The van der Waals surface area contributed by atoms with Crippen LogP contribution >= 0.6 is 12.6 Å². The van der Waals surface area contributed by atoms with Crippen LogP contribution in [0.25, 0.3) is 0 Å². The van der Waals surface area contributed by atoms with Gasteiger partial charge in [-0.3, -0.25) is 0 Å². The third-order valence-corrected chi connectivity index (χ3v) is 3.00. The summed E-state index contributed by atoms with van der Waals surface area (Å²) in [5.74, 6) is 1.91. The van der Waals surface area contributed by atoms with Crippen molar-refractivity contribution in [1.29, 1.82) is 0 Å². The van der Waals surface area contributed by atoms with E-state index in [1.165, 1.54) is 16.7 Å². The monoisotopic (exact) mass is 239 g/mol. The number of benzene rings is 1. The van der Waals surface area contributed by atoms with Crippen molar-refractivity contribution in [1.82, 2.24) is 5.32 Å². The summed E-state index contributed by atoms with van der Waals surface area (Å²) in [5, 5.41) is 3.42. The largest absolute Gasteiger partial charge is 0.496 e. The van der Waals surface area contributed by atoms with Crippen LogP contribution in [0.2, 0.25) is 0 Å². The van der Waals surface area contributed by atoms with Crippen LogP contribution in [-0.4, -0.2) is 19.4 Å². The Hall–Kier alpha value is -0.670. The SMILES string of the molecule is COc1cc(C)c(CNCCCS)cc1C. The van der Waals surface area contributed by atoms with Gasteiger partial charge in [0.15, 0.2) is 0 Å². The second-order valence-corrected chi connectivity index (χ2v) is 4.45. The highest BCUT2D eigenvalue weighted by Crippen LogP contribution is 2.22. The predicted molar refractivity (Wildman–Crippen MR) is 72.6 cm³/mol. The summed E-state index contributed by atoms with van der Waals surface area (Å²) in [6.45, 7) is 6.14. The lowest BCUT2D eigenvalue weighted by Crippen LogP contribution is -2.16. The lowest BCUT2D eigenvalue weighted by Gasteiger charge is -2.12. The fraction of sp³-hybridized carbons (Fsp3) is 0.538. The average molecular weight is 239 g/mol. The molecular weight excluding hydrogens is 218 g/mol. The molecule has 0 bridgehead atoms. The quantitative estimate of drug-likeness (QED) is 0.588. The Balaban J connectivity index is 2.63. The van der Waals surface area contributed by atoms with Gasteiger partial charge in [0.25, 0.3) is 0 Å². The van der Waals surface area contributed by atoms with Crippen molar-refractivity contribution in [2.24, 2.45) is 0 Å². The zero-order valence-electron chi connectivity index (χ0n) is 10.3. The van der Waals surface area contributed by atoms with Gasteiger partial charge in [-0.2, -0.15) is 12.6 Å². The van der Waals surface area contributed by atoms with Crippen molar-refractivity contribution in [3.05, 3.63) is 28.8 Å². The van der Waals surface area contributed by atoms with E-state index in [4.69, 9.17) is 4.74 Å². The van der Waals surface area contributed by atoms with Gasteiger partial charge in [0.2, 0.25) is 0 Å². The number of nitrogens with one attached hydrogen (secondary N) is 1. The van der Waals surface area contributed by atoms with Gasteiger partial charge in [-0.15, -0.1) is 0 Å². The molecule has 1 rings (SSSR count). The van der Waals surface area contributed by atoms with Gasteiger partial charge in [0, 0.05) is 6.54 Å². The van der Waals surface area contributed by atoms with Gasteiger partial charge < -0.3 is 10.1 Å². The van der Waals surface area contributed by atoms with Crippen molar-refractivity contribution in [2.45, 2.75) is 26.8 Å². The van der Waals surface area contributed by atoms with Crippen molar-refractivity contribution >= 4 is 12.6 Å².